The number of pyridine rings is 1. The van der Waals surface area contributed by atoms with E-state index < -0.39 is 0 Å². The Morgan fingerprint density at radius 3 is 2.71 bits per heavy atom. The zero-order valence-corrected chi connectivity index (χ0v) is 16.3. The molecule has 0 bridgehead atoms. The van der Waals surface area contributed by atoms with Crippen molar-refractivity contribution in [3.8, 4) is 0 Å². The van der Waals surface area contributed by atoms with Crippen molar-refractivity contribution in [3.05, 3.63) is 65.2 Å². The van der Waals surface area contributed by atoms with Crippen LogP contribution in [0.3, 0.4) is 0 Å². The second-order valence-electron chi connectivity index (χ2n) is 8.21. The molecule has 1 aromatic carbocycles. The number of nitrogens with one attached hydrogen (secondary N) is 1. The summed E-state index contributed by atoms with van der Waals surface area (Å²) in [6.45, 7) is 6.72. The molecule has 2 saturated heterocycles. The van der Waals surface area contributed by atoms with Crippen LogP contribution in [0.4, 0.5) is 4.39 Å². The van der Waals surface area contributed by atoms with Gasteiger partial charge in [-0.15, -0.1) is 0 Å². The molecule has 148 valence electrons. The molecule has 0 saturated carbocycles. The van der Waals surface area contributed by atoms with Gasteiger partial charge in [0.2, 0.25) is 5.91 Å². The number of likely N-dealkylation sites (tertiary alicyclic amines) is 1. The summed E-state index contributed by atoms with van der Waals surface area (Å²) < 4.78 is 13.5. The Morgan fingerprint density at radius 1 is 1.14 bits per heavy atom. The second-order valence-corrected chi connectivity index (χ2v) is 8.21. The highest BCUT2D eigenvalue weighted by Gasteiger charge is 2.42. The van der Waals surface area contributed by atoms with E-state index in [4.69, 9.17) is 0 Å². The number of hydrogen-bond donors (Lipinski definition) is 1. The molecule has 3 heterocycles. The first-order valence-electron chi connectivity index (χ1n) is 9.91. The van der Waals surface area contributed by atoms with Crippen molar-refractivity contribution in [3.63, 3.8) is 0 Å². The van der Waals surface area contributed by atoms with Crippen molar-refractivity contribution in [1.29, 1.82) is 0 Å². The highest BCUT2D eigenvalue weighted by molar-refractivity contribution is 5.77. The van der Waals surface area contributed by atoms with Crippen LogP contribution >= 0.6 is 0 Å². The number of halogens is 1. The van der Waals surface area contributed by atoms with Crippen LogP contribution < -0.4 is 5.32 Å². The van der Waals surface area contributed by atoms with Gasteiger partial charge in [-0.25, -0.2) is 4.39 Å². The predicted octanol–water partition coefficient (Wildman–Crippen LogP) is 2.50. The van der Waals surface area contributed by atoms with Crippen LogP contribution in [0.25, 0.3) is 0 Å². The summed E-state index contributed by atoms with van der Waals surface area (Å²) in [5.41, 5.74) is 2.92. The van der Waals surface area contributed by atoms with Gasteiger partial charge in [-0.1, -0.05) is 18.2 Å². The van der Waals surface area contributed by atoms with E-state index in [1.165, 1.54) is 6.07 Å². The number of amides is 1. The van der Waals surface area contributed by atoms with Gasteiger partial charge in [0.15, 0.2) is 0 Å². The lowest BCUT2D eigenvalue weighted by atomic mass is 9.98. The molecule has 1 N–H and O–H groups in total. The molecule has 1 unspecified atom stereocenters. The van der Waals surface area contributed by atoms with E-state index >= 15 is 0 Å². The molecule has 1 amide bonds. The summed E-state index contributed by atoms with van der Waals surface area (Å²) in [6.07, 6.45) is 3.30. The first kappa shape index (κ1) is 19.0. The van der Waals surface area contributed by atoms with Crippen LogP contribution in [0.15, 0.2) is 42.6 Å². The predicted molar refractivity (Wildman–Crippen MR) is 106 cm³/mol. The van der Waals surface area contributed by atoms with Gasteiger partial charge in [0, 0.05) is 51.9 Å². The van der Waals surface area contributed by atoms with Gasteiger partial charge in [-0.3, -0.25) is 19.6 Å². The number of carbonyl (C=O) groups excluding carboxylic acids is 1. The summed E-state index contributed by atoms with van der Waals surface area (Å²) in [5.74, 6) is -0.106. The molecule has 5 nitrogen and oxygen atoms in total. The van der Waals surface area contributed by atoms with Gasteiger partial charge in [0.05, 0.1) is 11.2 Å². The molecule has 1 spiro atoms. The first-order valence-corrected chi connectivity index (χ1v) is 9.91. The molecule has 2 aromatic rings. The minimum absolute atomic E-state index is 0.108. The normalized spacial score (nSPS) is 23.7. The fourth-order valence-corrected chi connectivity index (χ4v) is 4.34. The third-order valence-corrected chi connectivity index (χ3v) is 5.67. The number of nitrogens with zero attached hydrogens (tertiary/aromatic N) is 3. The number of carbonyl (C=O) groups is 1. The van der Waals surface area contributed by atoms with Gasteiger partial charge in [0.1, 0.15) is 5.82 Å². The number of hydrogen-bond acceptors (Lipinski definition) is 4. The Balaban J connectivity index is 1.44. The van der Waals surface area contributed by atoms with Crippen LogP contribution in [-0.4, -0.2) is 52.4 Å². The zero-order valence-electron chi connectivity index (χ0n) is 16.3. The highest BCUT2D eigenvalue weighted by atomic mass is 19.1. The van der Waals surface area contributed by atoms with Gasteiger partial charge in [0.25, 0.3) is 0 Å². The molecule has 2 aliphatic rings. The van der Waals surface area contributed by atoms with Crippen molar-refractivity contribution in [2.75, 3.05) is 26.2 Å². The molecule has 28 heavy (non-hydrogen) atoms. The molecule has 4 rings (SSSR count). The monoisotopic (exact) mass is 382 g/mol. The summed E-state index contributed by atoms with van der Waals surface area (Å²) in [5, 5.41) is 3.29. The molecule has 2 fully saturated rings. The summed E-state index contributed by atoms with van der Waals surface area (Å²) in [6, 6.07) is 10.9. The van der Waals surface area contributed by atoms with E-state index in [9.17, 15) is 9.18 Å². The van der Waals surface area contributed by atoms with E-state index in [1.54, 1.807) is 12.1 Å². The van der Waals surface area contributed by atoms with Crippen molar-refractivity contribution in [2.45, 2.75) is 38.4 Å². The van der Waals surface area contributed by atoms with Crippen molar-refractivity contribution in [1.82, 2.24) is 20.1 Å². The van der Waals surface area contributed by atoms with Crippen molar-refractivity contribution in [2.24, 2.45) is 0 Å². The number of aromatic nitrogens is 1. The highest BCUT2D eigenvalue weighted by Crippen LogP contribution is 2.27. The molecule has 1 atom stereocenters. The molecule has 0 radical (unpaired) electrons. The van der Waals surface area contributed by atoms with Crippen molar-refractivity contribution >= 4 is 5.91 Å². The van der Waals surface area contributed by atoms with Crippen LogP contribution in [0.5, 0.6) is 0 Å². The van der Waals surface area contributed by atoms with E-state index in [2.05, 4.69) is 32.2 Å². The van der Waals surface area contributed by atoms with E-state index in [0.29, 0.717) is 19.5 Å². The van der Waals surface area contributed by atoms with Crippen LogP contribution in [-0.2, 0) is 17.9 Å². The summed E-state index contributed by atoms with van der Waals surface area (Å²) in [4.78, 5) is 21.5. The lowest BCUT2D eigenvalue weighted by molar-refractivity contribution is -0.122. The first-order chi connectivity index (χ1) is 13.5. The van der Waals surface area contributed by atoms with Gasteiger partial charge >= 0.3 is 0 Å². The molecule has 1 aromatic heterocycles. The number of aryl methyl sites for hydroxylation is 1. The standard InChI is InChI=1S/C22H27FN4O/c1-17-5-6-20(24-12-17)14-27-10-8-22(16-27)15-26(9-7-21(28)25-22)13-18-3-2-4-19(23)11-18/h2-6,11-12H,7-10,13-16H2,1H3,(H,25,28). The third-order valence-electron chi connectivity index (χ3n) is 5.67. The fraction of sp³-hybridized carbons (Fsp3) is 0.455. The molecular weight excluding hydrogens is 355 g/mol. The molecule has 6 heteroatoms. The Kier molecular flexibility index (Phi) is 5.42. The number of benzene rings is 1. The Bertz CT molecular complexity index is 841. The lowest BCUT2D eigenvalue weighted by Gasteiger charge is -2.33. The Hall–Kier alpha value is -2.31. The van der Waals surface area contributed by atoms with E-state index in [0.717, 1.165) is 49.4 Å². The van der Waals surface area contributed by atoms with Crippen LogP contribution in [0.2, 0.25) is 0 Å². The van der Waals surface area contributed by atoms with Gasteiger partial charge < -0.3 is 5.32 Å². The van der Waals surface area contributed by atoms with Gasteiger partial charge in [-0.2, -0.15) is 0 Å². The number of rotatable bonds is 4. The van der Waals surface area contributed by atoms with Crippen LogP contribution in [0.1, 0.15) is 29.7 Å². The summed E-state index contributed by atoms with van der Waals surface area (Å²) >= 11 is 0. The summed E-state index contributed by atoms with van der Waals surface area (Å²) in [7, 11) is 0. The third kappa shape index (κ3) is 4.56. The average Bonchev–Trinajstić information content (AvgIpc) is 2.96. The maximum absolute atomic E-state index is 13.5. The molecule has 0 aliphatic carbocycles. The lowest BCUT2D eigenvalue weighted by Crippen LogP contribution is -2.54. The van der Waals surface area contributed by atoms with Crippen molar-refractivity contribution < 1.29 is 9.18 Å². The SMILES string of the molecule is Cc1ccc(CN2CCC3(CN(Cc4cccc(F)c4)CCC(=O)N3)C2)nc1. The van der Waals surface area contributed by atoms with Crippen LogP contribution in [0, 0.1) is 12.7 Å². The maximum atomic E-state index is 13.5. The smallest absolute Gasteiger partial charge is 0.221 e. The Morgan fingerprint density at radius 2 is 1.96 bits per heavy atom. The minimum atomic E-state index is -0.244. The second kappa shape index (κ2) is 7.97. The molecule has 2 aliphatic heterocycles. The molecular formula is C22H27FN4O. The van der Waals surface area contributed by atoms with E-state index in [-0.39, 0.29) is 17.3 Å². The zero-order chi connectivity index (χ0) is 19.6. The van der Waals surface area contributed by atoms with Gasteiger partial charge in [-0.05, 0) is 42.7 Å². The minimum Gasteiger partial charge on any atom is -0.348 e. The topological polar surface area (TPSA) is 48.5 Å². The quantitative estimate of drug-likeness (QED) is 0.883. The fourth-order valence-electron chi connectivity index (χ4n) is 4.34. The largest absolute Gasteiger partial charge is 0.348 e. The average molecular weight is 382 g/mol. The maximum Gasteiger partial charge on any atom is 0.221 e. The Labute approximate surface area is 165 Å². The van der Waals surface area contributed by atoms with E-state index in [1.807, 2.05) is 19.2 Å².